The highest BCUT2D eigenvalue weighted by atomic mass is 16.5. The van der Waals surface area contributed by atoms with Crippen molar-refractivity contribution in [2.75, 3.05) is 13.3 Å². The zero-order valence-electron chi connectivity index (χ0n) is 14.3. The lowest BCUT2D eigenvalue weighted by atomic mass is 10.0. The molecule has 0 amide bonds. The largest absolute Gasteiger partial charge is 0.478 e. The normalized spacial score (nSPS) is 14.3. The molecule has 0 atom stereocenters. The average Bonchev–Trinajstić information content (AvgIpc) is 2.62. The summed E-state index contributed by atoms with van der Waals surface area (Å²) < 4.78 is 11.4. The Morgan fingerprint density at radius 2 is 1.96 bits per heavy atom. The van der Waals surface area contributed by atoms with Gasteiger partial charge in [0.15, 0.2) is 0 Å². The Kier molecular flexibility index (Phi) is 4.28. The van der Waals surface area contributed by atoms with Crippen LogP contribution in [0.4, 0.5) is 0 Å². The van der Waals surface area contributed by atoms with E-state index in [4.69, 9.17) is 9.15 Å². The summed E-state index contributed by atoms with van der Waals surface area (Å²) >= 11 is 0. The molecule has 2 aromatic carbocycles. The maximum absolute atomic E-state index is 11.8. The molecule has 0 unspecified atom stereocenters. The molecule has 1 aliphatic rings. The average molecular weight is 335 g/mol. The van der Waals surface area contributed by atoms with Crippen LogP contribution >= 0.6 is 0 Å². The van der Waals surface area contributed by atoms with E-state index in [9.17, 15) is 4.79 Å². The third-order valence-electron chi connectivity index (χ3n) is 4.75. The van der Waals surface area contributed by atoms with Gasteiger partial charge in [0.1, 0.15) is 18.1 Å². The maximum Gasteiger partial charge on any atom is 0.336 e. The van der Waals surface area contributed by atoms with E-state index in [0.717, 1.165) is 48.2 Å². The van der Waals surface area contributed by atoms with Crippen molar-refractivity contribution in [2.45, 2.75) is 26.3 Å². The Morgan fingerprint density at radius 1 is 1.12 bits per heavy atom. The summed E-state index contributed by atoms with van der Waals surface area (Å²) in [7, 11) is 0. The number of ether oxygens (including phenoxy) is 1. The van der Waals surface area contributed by atoms with Crippen LogP contribution in [-0.4, -0.2) is 18.2 Å². The zero-order valence-corrected chi connectivity index (χ0v) is 14.3. The monoisotopic (exact) mass is 335 g/mol. The Bertz CT molecular complexity index is 947. The fourth-order valence-electron chi connectivity index (χ4n) is 3.43. The zero-order chi connectivity index (χ0) is 17.2. The molecule has 0 radical (unpaired) electrons. The van der Waals surface area contributed by atoms with Crippen molar-refractivity contribution in [3.8, 4) is 5.75 Å². The van der Waals surface area contributed by atoms with Gasteiger partial charge in [0, 0.05) is 24.5 Å². The highest BCUT2D eigenvalue weighted by molar-refractivity contribution is 5.85. The number of fused-ring (bicyclic) bond motifs is 3. The summed E-state index contributed by atoms with van der Waals surface area (Å²) in [6, 6.07) is 16.0. The number of rotatable bonds is 4. The smallest absolute Gasteiger partial charge is 0.336 e. The Labute approximate surface area is 146 Å². The van der Waals surface area contributed by atoms with Crippen LogP contribution in [0.2, 0.25) is 0 Å². The quantitative estimate of drug-likeness (QED) is 0.679. The van der Waals surface area contributed by atoms with Crippen LogP contribution in [0.25, 0.3) is 11.0 Å². The molecule has 0 aliphatic carbocycles. The molecule has 0 saturated heterocycles. The van der Waals surface area contributed by atoms with Crippen LogP contribution in [0, 0.1) is 6.92 Å². The first-order chi connectivity index (χ1) is 12.2. The number of nitrogens with zero attached hydrogens (tertiary/aromatic N) is 1. The maximum atomic E-state index is 11.8. The van der Waals surface area contributed by atoms with E-state index in [2.05, 4.69) is 29.2 Å². The van der Waals surface area contributed by atoms with E-state index in [1.54, 1.807) is 0 Å². The summed E-state index contributed by atoms with van der Waals surface area (Å²) in [4.78, 5) is 14.0. The second-order valence-corrected chi connectivity index (χ2v) is 6.58. The number of hydrogen-bond donors (Lipinski definition) is 0. The summed E-state index contributed by atoms with van der Waals surface area (Å²) in [5.41, 5.74) is 3.63. The minimum Gasteiger partial charge on any atom is -0.478 e. The SMILES string of the molecule is Cc1cc(=O)oc2c3c(ccc12)OCN(CCCc1ccccc1)C3. The lowest BCUT2D eigenvalue weighted by molar-refractivity contribution is 0.0946. The van der Waals surface area contributed by atoms with Gasteiger partial charge in [-0.3, -0.25) is 4.90 Å². The summed E-state index contributed by atoms with van der Waals surface area (Å²) in [5, 5.41) is 0.980. The van der Waals surface area contributed by atoms with Gasteiger partial charge in [-0.25, -0.2) is 4.79 Å². The van der Waals surface area contributed by atoms with Crippen molar-refractivity contribution < 1.29 is 9.15 Å². The molecule has 0 spiro atoms. The van der Waals surface area contributed by atoms with E-state index >= 15 is 0 Å². The minimum absolute atomic E-state index is 0.306. The molecule has 1 aliphatic heterocycles. The van der Waals surface area contributed by atoms with Crippen molar-refractivity contribution in [3.63, 3.8) is 0 Å². The van der Waals surface area contributed by atoms with Crippen molar-refractivity contribution >= 4 is 11.0 Å². The molecule has 4 rings (SSSR count). The number of hydrogen-bond acceptors (Lipinski definition) is 4. The van der Waals surface area contributed by atoms with Gasteiger partial charge in [0.05, 0.1) is 5.56 Å². The predicted octanol–water partition coefficient (Wildman–Crippen LogP) is 3.89. The molecule has 4 nitrogen and oxygen atoms in total. The number of benzene rings is 2. The topological polar surface area (TPSA) is 42.7 Å². The Morgan fingerprint density at radius 3 is 2.80 bits per heavy atom. The highest BCUT2D eigenvalue weighted by Gasteiger charge is 2.21. The molecule has 2 heterocycles. The lowest BCUT2D eigenvalue weighted by Gasteiger charge is -2.29. The summed E-state index contributed by atoms with van der Waals surface area (Å²) in [5.74, 6) is 0.820. The lowest BCUT2D eigenvalue weighted by Crippen LogP contribution is -2.33. The highest BCUT2D eigenvalue weighted by Crippen LogP contribution is 2.32. The first-order valence-electron chi connectivity index (χ1n) is 8.66. The molecule has 1 aromatic heterocycles. The fourth-order valence-corrected chi connectivity index (χ4v) is 3.43. The van der Waals surface area contributed by atoms with Crippen molar-refractivity contribution in [1.82, 2.24) is 4.90 Å². The standard InChI is InChI=1S/C21H21NO3/c1-15-12-20(23)25-21-17(15)9-10-19-18(21)13-22(14-24-19)11-5-8-16-6-3-2-4-7-16/h2-4,6-7,9-10,12H,5,8,11,13-14H2,1H3. The molecule has 25 heavy (non-hydrogen) atoms. The molecule has 3 aromatic rings. The molecular formula is C21H21NO3. The molecule has 0 saturated carbocycles. The van der Waals surface area contributed by atoms with Gasteiger partial charge in [-0.1, -0.05) is 30.3 Å². The first-order valence-corrected chi connectivity index (χ1v) is 8.66. The molecule has 4 heteroatoms. The van der Waals surface area contributed by atoms with Crippen LogP contribution < -0.4 is 10.4 Å². The molecule has 0 fully saturated rings. The second kappa shape index (κ2) is 6.73. The van der Waals surface area contributed by atoms with Gasteiger partial charge in [-0.15, -0.1) is 0 Å². The van der Waals surface area contributed by atoms with E-state index in [-0.39, 0.29) is 5.63 Å². The Balaban J connectivity index is 1.52. The van der Waals surface area contributed by atoms with E-state index in [1.807, 2.05) is 25.1 Å². The van der Waals surface area contributed by atoms with Crippen LogP contribution in [0.3, 0.4) is 0 Å². The van der Waals surface area contributed by atoms with Crippen LogP contribution in [0.1, 0.15) is 23.1 Å². The van der Waals surface area contributed by atoms with Crippen molar-refractivity contribution in [2.24, 2.45) is 0 Å². The third kappa shape index (κ3) is 3.30. The third-order valence-corrected chi connectivity index (χ3v) is 4.75. The second-order valence-electron chi connectivity index (χ2n) is 6.58. The summed E-state index contributed by atoms with van der Waals surface area (Å²) in [6.07, 6.45) is 2.12. The van der Waals surface area contributed by atoms with Crippen molar-refractivity contribution in [3.05, 3.63) is 75.6 Å². The molecular weight excluding hydrogens is 314 g/mol. The minimum atomic E-state index is -0.306. The first kappa shape index (κ1) is 15.9. The predicted molar refractivity (Wildman–Crippen MR) is 97.9 cm³/mol. The van der Waals surface area contributed by atoms with Crippen LogP contribution in [0.5, 0.6) is 5.75 Å². The van der Waals surface area contributed by atoms with Gasteiger partial charge < -0.3 is 9.15 Å². The van der Waals surface area contributed by atoms with Crippen LogP contribution in [-0.2, 0) is 13.0 Å². The molecule has 0 N–H and O–H groups in total. The number of aryl methyl sites for hydroxylation is 2. The van der Waals surface area contributed by atoms with E-state index < -0.39 is 0 Å². The van der Waals surface area contributed by atoms with Gasteiger partial charge in [-0.2, -0.15) is 0 Å². The van der Waals surface area contributed by atoms with E-state index in [0.29, 0.717) is 12.3 Å². The summed E-state index contributed by atoms with van der Waals surface area (Å²) in [6.45, 7) is 4.20. The van der Waals surface area contributed by atoms with Crippen molar-refractivity contribution in [1.29, 1.82) is 0 Å². The van der Waals surface area contributed by atoms with Gasteiger partial charge in [-0.05, 0) is 43.0 Å². The fraction of sp³-hybridized carbons (Fsp3) is 0.286. The van der Waals surface area contributed by atoms with Gasteiger partial charge in [0.25, 0.3) is 0 Å². The van der Waals surface area contributed by atoms with E-state index in [1.165, 1.54) is 11.6 Å². The Hall–Kier alpha value is -2.59. The van der Waals surface area contributed by atoms with Gasteiger partial charge in [0.2, 0.25) is 0 Å². The van der Waals surface area contributed by atoms with Gasteiger partial charge >= 0.3 is 5.63 Å². The molecule has 0 bridgehead atoms. The molecule has 128 valence electrons. The van der Waals surface area contributed by atoms with Crippen LogP contribution in [0.15, 0.2) is 57.7 Å².